The standard InChI is InChI=1S/C16H27N3O2/c1-12(2)18-16(5,11-17)8-6-7-9-19-13(20)10-15(3,4)14(19)21/h12,18H,6-10H2,1-5H3. The zero-order valence-corrected chi connectivity index (χ0v) is 13.8. The predicted molar refractivity (Wildman–Crippen MR) is 81.3 cm³/mol. The van der Waals surface area contributed by atoms with Crippen LogP contribution in [0.2, 0.25) is 0 Å². The second-order valence-electron chi connectivity index (χ2n) is 7.11. The average molecular weight is 293 g/mol. The Morgan fingerprint density at radius 3 is 2.43 bits per heavy atom. The van der Waals surface area contributed by atoms with Gasteiger partial charge in [0.05, 0.1) is 11.5 Å². The molecule has 0 aromatic rings. The number of carbonyl (C=O) groups excluding carboxylic acids is 2. The Hall–Kier alpha value is -1.41. The van der Waals surface area contributed by atoms with Gasteiger partial charge < -0.3 is 0 Å². The summed E-state index contributed by atoms with van der Waals surface area (Å²) in [5.41, 5.74) is -1.11. The van der Waals surface area contributed by atoms with Gasteiger partial charge in [-0.05, 0) is 40.0 Å². The molecule has 1 N–H and O–H groups in total. The zero-order valence-electron chi connectivity index (χ0n) is 13.8. The van der Waals surface area contributed by atoms with Crippen molar-refractivity contribution in [1.82, 2.24) is 10.2 Å². The summed E-state index contributed by atoms with van der Waals surface area (Å²) in [4.78, 5) is 25.3. The molecule has 1 atom stereocenters. The summed E-state index contributed by atoms with van der Waals surface area (Å²) in [5.74, 6) is -0.149. The maximum atomic E-state index is 12.1. The molecule has 1 rings (SSSR count). The molecule has 1 aliphatic rings. The highest BCUT2D eigenvalue weighted by atomic mass is 16.2. The van der Waals surface area contributed by atoms with Gasteiger partial charge in [0, 0.05) is 19.0 Å². The number of amides is 2. The van der Waals surface area contributed by atoms with E-state index in [0.717, 1.165) is 12.8 Å². The van der Waals surface area contributed by atoms with Crippen LogP contribution in [-0.4, -0.2) is 34.8 Å². The molecule has 0 radical (unpaired) electrons. The van der Waals surface area contributed by atoms with E-state index in [1.54, 1.807) is 0 Å². The van der Waals surface area contributed by atoms with Crippen LogP contribution in [0.4, 0.5) is 0 Å². The topological polar surface area (TPSA) is 73.2 Å². The summed E-state index contributed by atoms with van der Waals surface area (Å²) < 4.78 is 0. The monoisotopic (exact) mass is 293 g/mol. The number of imide groups is 1. The average Bonchev–Trinajstić information content (AvgIpc) is 2.55. The molecule has 118 valence electrons. The molecule has 5 heteroatoms. The van der Waals surface area contributed by atoms with Gasteiger partial charge in [-0.15, -0.1) is 0 Å². The summed E-state index contributed by atoms with van der Waals surface area (Å²) in [6.07, 6.45) is 2.56. The van der Waals surface area contributed by atoms with Gasteiger partial charge in [0.15, 0.2) is 0 Å². The number of unbranched alkanes of at least 4 members (excludes halogenated alkanes) is 1. The lowest BCUT2D eigenvalue weighted by atomic mass is 9.92. The van der Waals surface area contributed by atoms with E-state index in [0.29, 0.717) is 19.4 Å². The van der Waals surface area contributed by atoms with Gasteiger partial charge >= 0.3 is 0 Å². The first kappa shape index (κ1) is 17.6. The van der Waals surface area contributed by atoms with E-state index in [1.807, 2.05) is 34.6 Å². The first-order valence-corrected chi connectivity index (χ1v) is 7.65. The Balaban J connectivity index is 2.43. The van der Waals surface area contributed by atoms with Crippen molar-refractivity contribution in [2.45, 2.75) is 71.9 Å². The van der Waals surface area contributed by atoms with Crippen molar-refractivity contribution in [3.63, 3.8) is 0 Å². The second-order valence-corrected chi connectivity index (χ2v) is 7.11. The van der Waals surface area contributed by atoms with Crippen LogP contribution in [0.15, 0.2) is 0 Å². The Bertz CT molecular complexity index is 451. The molecule has 1 aliphatic heterocycles. The van der Waals surface area contributed by atoms with E-state index in [1.165, 1.54) is 4.90 Å². The molecular weight excluding hydrogens is 266 g/mol. The molecule has 2 amide bonds. The fourth-order valence-corrected chi connectivity index (χ4v) is 2.80. The minimum Gasteiger partial charge on any atom is -0.297 e. The van der Waals surface area contributed by atoms with Crippen molar-refractivity contribution in [1.29, 1.82) is 5.26 Å². The highest BCUT2D eigenvalue weighted by Gasteiger charge is 2.44. The van der Waals surface area contributed by atoms with Crippen LogP contribution >= 0.6 is 0 Å². The molecule has 1 saturated heterocycles. The van der Waals surface area contributed by atoms with Gasteiger partial charge in [-0.3, -0.25) is 19.8 Å². The number of rotatable bonds is 7. The normalized spacial score (nSPS) is 20.7. The minimum atomic E-state index is -0.558. The molecule has 0 saturated carbocycles. The van der Waals surface area contributed by atoms with E-state index in [2.05, 4.69) is 11.4 Å². The summed E-state index contributed by atoms with van der Waals surface area (Å²) >= 11 is 0. The number of nitrogens with one attached hydrogen (secondary N) is 1. The number of nitrogens with zero attached hydrogens (tertiary/aromatic N) is 2. The van der Waals surface area contributed by atoms with Crippen LogP contribution in [0.1, 0.15) is 60.3 Å². The molecule has 1 fully saturated rings. The van der Waals surface area contributed by atoms with Crippen molar-refractivity contribution >= 4 is 11.8 Å². The van der Waals surface area contributed by atoms with Crippen LogP contribution in [0.3, 0.4) is 0 Å². The number of nitriles is 1. The van der Waals surface area contributed by atoms with Crippen LogP contribution < -0.4 is 5.32 Å². The quantitative estimate of drug-likeness (QED) is 0.577. The lowest BCUT2D eigenvalue weighted by Crippen LogP contribution is -2.45. The van der Waals surface area contributed by atoms with Crippen LogP contribution in [-0.2, 0) is 9.59 Å². The minimum absolute atomic E-state index is 0.0733. The fourth-order valence-electron chi connectivity index (χ4n) is 2.80. The molecule has 0 spiro atoms. The van der Waals surface area contributed by atoms with Gasteiger partial charge in [0.1, 0.15) is 5.54 Å². The maximum Gasteiger partial charge on any atom is 0.235 e. The number of carbonyl (C=O) groups is 2. The third-order valence-electron chi connectivity index (χ3n) is 3.88. The lowest BCUT2D eigenvalue weighted by Gasteiger charge is -2.26. The van der Waals surface area contributed by atoms with Gasteiger partial charge in [0.2, 0.25) is 11.8 Å². The highest BCUT2D eigenvalue weighted by Crippen LogP contribution is 2.31. The Morgan fingerprint density at radius 2 is 2.00 bits per heavy atom. The van der Waals surface area contributed by atoms with Crippen molar-refractivity contribution in [2.75, 3.05) is 6.54 Å². The first-order chi connectivity index (χ1) is 9.61. The van der Waals surface area contributed by atoms with Crippen molar-refractivity contribution in [3.8, 4) is 6.07 Å². The summed E-state index contributed by atoms with van der Waals surface area (Å²) in [7, 11) is 0. The van der Waals surface area contributed by atoms with Crippen LogP contribution in [0.25, 0.3) is 0 Å². The number of hydrogen-bond donors (Lipinski definition) is 1. The SMILES string of the molecule is CC(C)NC(C)(C#N)CCCCN1C(=O)CC(C)(C)C1=O. The van der Waals surface area contributed by atoms with Crippen LogP contribution in [0.5, 0.6) is 0 Å². The summed E-state index contributed by atoms with van der Waals surface area (Å²) in [6, 6.07) is 2.56. The Kier molecular flexibility index (Phi) is 5.52. The van der Waals surface area contributed by atoms with E-state index >= 15 is 0 Å². The molecule has 1 heterocycles. The molecule has 0 bridgehead atoms. The van der Waals surface area contributed by atoms with Crippen molar-refractivity contribution in [2.24, 2.45) is 5.41 Å². The molecule has 21 heavy (non-hydrogen) atoms. The third-order valence-corrected chi connectivity index (χ3v) is 3.88. The number of likely N-dealkylation sites (tertiary alicyclic amines) is 1. The third kappa shape index (κ3) is 4.53. The fraction of sp³-hybridized carbons (Fsp3) is 0.812. The smallest absolute Gasteiger partial charge is 0.235 e. The summed E-state index contributed by atoms with van der Waals surface area (Å²) in [6.45, 7) is 10.0. The predicted octanol–water partition coefficient (Wildman–Crippen LogP) is 2.22. The second kappa shape index (κ2) is 6.57. The van der Waals surface area contributed by atoms with E-state index < -0.39 is 11.0 Å². The molecule has 0 aliphatic carbocycles. The Labute approximate surface area is 127 Å². The van der Waals surface area contributed by atoms with E-state index in [4.69, 9.17) is 0 Å². The van der Waals surface area contributed by atoms with E-state index in [9.17, 15) is 14.9 Å². The van der Waals surface area contributed by atoms with Gasteiger partial charge in [-0.1, -0.05) is 13.8 Å². The first-order valence-electron chi connectivity index (χ1n) is 7.65. The molecular formula is C16H27N3O2. The van der Waals surface area contributed by atoms with Crippen molar-refractivity contribution in [3.05, 3.63) is 0 Å². The number of hydrogen-bond acceptors (Lipinski definition) is 4. The lowest BCUT2D eigenvalue weighted by molar-refractivity contribution is -0.140. The van der Waals surface area contributed by atoms with Crippen molar-refractivity contribution < 1.29 is 9.59 Å². The van der Waals surface area contributed by atoms with Gasteiger partial charge in [0.25, 0.3) is 0 Å². The molecule has 0 aromatic heterocycles. The Morgan fingerprint density at radius 1 is 1.38 bits per heavy atom. The molecule has 1 unspecified atom stereocenters. The molecule has 0 aromatic carbocycles. The largest absolute Gasteiger partial charge is 0.297 e. The molecule has 5 nitrogen and oxygen atoms in total. The van der Waals surface area contributed by atoms with Crippen LogP contribution in [0, 0.1) is 16.7 Å². The maximum absolute atomic E-state index is 12.1. The van der Waals surface area contributed by atoms with E-state index in [-0.39, 0.29) is 17.9 Å². The summed E-state index contributed by atoms with van der Waals surface area (Å²) in [5, 5.41) is 12.5. The van der Waals surface area contributed by atoms with Gasteiger partial charge in [-0.2, -0.15) is 5.26 Å². The highest BCUT2D eigenvalue weighted by molar-refractivity contribution is 6.05. The van der Waals surface area contributed by atoms with Gasteiger partial charge in [-0.25, -0.2) is 0 Å². The zero-order chi connectivity index (χ0) is 16.3.